The first-order valence-electron chi connectivity index (χ1n) is 9.94. The van der Waals surface area contributed by atoms with Gasteiger partial charge in [0.1, 0.15) is 5.69 Å². The average Bonchev–Trinajstić information content (AvgIpc) is 3.48. The van der Waals surface area contributed by atoms with Crippen LogP contribution < -0.4 is 4.90 Å². The van der Waals surface area contributed by atoms with Gasteiger partial charge in [-0.3, -0.25) is 9.78 Å². The topological polar surface area (TPSA) is 89.2 Å². The second-order valence-corrected chi connectivity index (χ2v) is 7.32. The van der Waals surface area contributed by atoms with Crippen LogP contribution in [0.4, 0.5) is 5.82 Å². The molecule has 1 saturated heterocycles. The Morgan fingerprint density at radius 3 is 2.93 bits per heavy atom. The molecule has 5 rings (SSSR count). The number of ether oxygens (including phenoxy) is 1. The van der Waals surface area contributed by atoms with Crippen LogP contribution in [0.5, 0.6) is 0 Å². The summed E-state index contributed by atoms with van der Waals surface area (Å²) in [5, 5.41) is 16.6. The summed E-state index contributed by atoms with van der Waals surface area (Å²) in [7, 11) is 0. The highest BCUT2D eigenvalue weighted by atomic mass is 16.5. The number of H-pyrrole nitrogens is 1. The first-order valence-corrected chi connectivity index (χ1v) is 9.94. The fraction of sp³-hybridized carbons (Fsp3) is 0.400. The van der Waals surface area contributed by atoms with Crippen LogP contribution in [0.2, 0.25) is 0 Å². The summed E-state index contributed by atoms with van der Waals surface area (Å²) in [5.74, 6) is 1.66. The molecule has 0 aromatic carbocycles. The van der Waals surface area contributed by atoms with Gasteiger partial charge in [-0.25, -0.2) is 9.50 Å². The highest BCUT2D eigenvalue weighted by molar-refractivity contribution is 5.84. The highest BCUT2D eigenvalue weighted by Crippen LogP contribution is 2.33. The number of morpholine rings is 1. The van der Waals surface area contributed by atoms with E-state index in [1.54, 1.807) is 6.20 Å². The van der Waals surface area contributed by atoms with Crippen molar-refractivity contribution in [2.45, 2.75) is 33.4 Å². The monoisotopic (exact) mass is 392 g/mol. The second kappa shape index (κ2) is 7.00. The molecule has 0 spiro atoms. The Labute approximate surface area is 168 Å². The molecule has 0 amide bonds. The van der Waals surface area contributed by atoms with Crippen molar-refractivity contribution in [2.75, 3.05) is 24.7 Å². The third kappa shape index (κ3) is 2.89. The summed E-state index contributed by atoms with van der Waals surface area (Å²) in [5.41, 5.74) is 4.87. The molecule has 1 aliphatic heterocycles. The smallest absolute Gasteiger partial charge is 0.179 e. The van der Waals surface area contributed by atoms with Crippen molar-refractivity contribution in [3.63, 3.8) is 0 Å². The Balaban J connectivity index is 1.80. The number of fused-ring (bicyclic) bond motifs is 1. The summed E-state index contributed by atoms with van der Waals surface area (Å²) in [6.07, 6.45) is 3.57. The summed E-state index contributed by atoms with van der Waals surface area (Å²) in [6.45, 7) is 9.26. The van der Waals surface area contributed by atoms with Gasteiger partial charge in [-0.2, -0.15) is 10.2 Å². The molecule has 4 aromatic rings. The zero-order valence-corrected chi connectivity index (χ0v) is 16.8. The third-order valence-corrected chi connectivity index (χ3v) is 5.46. The molecule has 4 aromatic heterocycles. The molecule has 0 aliphatic carbocycles. The number of aromatic amines is 1. The van der Waals surface area contributed by atoms with E-state index < -0.39 is 0 Å². The Kier molecular flexibility index (Phi) is 4.31. The van der Waals surface area contributed by atoms with Crippen molar-refractivity contribution >= 4 is 11.3 Å². The van der Waals surface area contributed by atoms with E-state index in [2.05, 4.69) is 40.1 Å². The number of hydrogen-bond donors (Lipinski definition) is 1. The first kappa shape index (κ1) is 17.9. The van der Waals surface area contributed by atoms with Crippen LogP contribution in [0, 0.1) is 6.92 Å². The lowest BCUT2D eigenvalue weighted by Crippen LogP contribution is -2.44. The Bertz CT molecular complexity index is 1140. The lowest BCUT2D eigenvalue weighted by Gasteiger charge is -2.34. The Morgan fingerprint density at radius 1 is 1.28 bits per heavy atom. The predicted molar refractivity (Wildman–Crippen MR) is 110 cm³/mol. The number of nitrogens with one attached hydrogen (secondary N) is 1. The number of rotatable bonds is 4. The zero-order valence-electron chi connectivity index (χ0n) is 16.8. The first-order chi connectivity index (χ1) is 14.2. The van der Waals surface area contributed by atoms with Gasteiger partial charge >= 0.3 is 0 Å². The van der Waals surface area contributed by atoms with Gasteiger partial charge in [-0.15, -0.1) is 5.10 Å². The van der Waals surface area contributed by atoms with Gasteiger partial charge in [0, 0.05) is 31.0 Å². The SMILES string of the molecule is CCn1nccc1-c1cc(N2CCOC[C@H]2C)nn2c(-c3ccn[nH]3)nc(C)c12. The molecule has 1 atom stereocenters. The molecule has 1 fully saturated rings. The molecular formula is C20H24N8O. The van der Waals surface area contributed by atoms with Gasteiger partial charge in [0.2, 0.25) is 0 Å². The van der Waals surface area contributed by atoms with Crippen molar-refractivity contribution in [1.29, 1.82) is 0 Å². The zero-order chi connectivity index (χ0) is 20.0. The third-order valence-electron chi connectivity index (χ3n) is 5.46. The summed E-state index contributed by atoms with van der Waals surface area (Å²) in [4.78, 5) is 7.12. The van der Waals surface area contributed by atoms with E-state index >= 15 is 0 Å². The van der Waals surface area contributed by atoms with Crippen molar-refractivity contribution in [2.24, 2.45) is 0 Å². The van der Waals surface area contributed by atoms with E-state index in [1.165, 1.54) is 0 Å². The van der Waals surface area contributed by atoms with E-state index in [9.17, 15) is 0 Å². The quantitative estimate of drug-likeness (QED) is 0.574. The predicted octanol–water partition coefficient (Wildman–Crippen LogP) is 2.54. The van der Waals surface area contributed by atoms with Gasteiger partial charge < -0.3 is 9.64 Å². The van der Waals surface area contributed by atoms with Gasteiger partial charge in [-0.05, 0) is 39.0 Å². The number of imidazole rings is 1. The molecule has 9 heteroatoms. The van der Waals surface area contributed by atoms with Crippen LogP contribution in [0.3, 0.4) is 0 Å². The molecule has 0 unspecified atom stereocenters. The Hall–Kier alpha value is -3.20. The summed E-state index contributed by atoms with van der Waals surface area (Å²) in [6, 6.07) is 6.37. The van der Waals surface area contributed by atoms with Crippen molar-refractivity contribution in [3.8, 4) is 22.8 Å². The number of aryl methyl sites for hydroxylation is 2. The van der Waals surface area contributed by atoms with Crippen LogP contribution in [-0.2, 0) is 11.3 Å². The largest absolute Gasteiger partial charge is 0.377 e. The van der Waals surface area contributed by atoms with Crippen LogP contribution in [0.15, 0.2) is 30.6 Å². The number of aromatic nitrogens is 7. The van der Waals surface area contributed by atoms with Crippen molar-refractivity contribution in [1.82, 2.24) is 34.6 Å². The summed E-state index contributed by atoms with van der Waals surface area (Å²) >= 11 is 0. The van der Waals surface area contributed by atoms with E-state index in [0.717, 1.165) is 52.9 Å². The molecule has 0 bridgehead atoms. The molecule has 1 N–H and O–H groups in total. The molecule has 0 saturated carbocycles. The molecule has 0 radical (unpaired) electrons. The number of anilines is 1. The van der Waals surface area contributed by atoms with E-state index in [0.29, 0.717) is 13.2 Å². The molecule has 9 nitrogen and oxygen atoms in total. The van der Waals surface area contributed by atoms with Crippen LogP contribution in [0.25, 0.3) is 28.3 Å². The van der Waals surface area contributed by atoms with Gasteiger partial charge in [0.25, 0.3) is 0 Å². The molecule has 150 valence electrons. The van der Waals surface area contributed by atoms with Crippen molar-refractivity contribution in [3.05, 3.63) is 36.3 Å². The fourth-order valence-corrected chi connectivity index (χ4v) is 4.02. The maximum absolute atomic E-state index is 5.63. The second-order valence-electron chi connectivity index (χ2n) is 7.32. The van der Waals surface area contributed by atoms with Crippen molar-refractivity contribution < 1.29 is 4.74 Å². The van der Waals surface area contributed by atoms with Crippen LogP contribution >= 0.6 is 0 Å². The van der Waals surface area contributed by atoms with Crippen LogP contribution in [-0.4, -0.2) is 60.4 Å². The lowest BCUT2D eigenvalue weighted by atomic mass is 10.1. The molecule has 1 aliphatic rings. The highest BCUT2D eigenvalue weighted by Gasteiger charge is 2.25. The van der Waals surface area contributed by atoms with E-state index in [4.69, 9.17) is 14.8 Å². The van der Waals surface area contributed by atoms with E-state index in [1.807, 2.05) is 34.5 Å². The number of hydrogen-bond acceptors (Lipinski definition) is 6. The van der Waals surface area contributed by atoms with E-state index in [-0.39, 0.29) is 6.04 Å². The number of nitrogens with zero attached hydrogens (tertiary/aromatic N) is 7. The molecule has 29 heavy (non-hydrogen) atoms. The minimum absolute atomic E-state index is 0.248. The standard InChI is InChI=1S/C20H24N8O/c1-4-27-17(6-8-22-27)15-11-18(26-9-10-29-12-13(26)2)25-28-19(15)14(3)23-20(28)16-5-7-21-24-16/h5-8,11,13H,4,9-10,12H2,1-3H3,(H,21,24)/t13-/m1/s1. The minimum Gasteiger partial charge on any atom is -0.377 e. The van der Waals surface area contributed by atoms with Gasteiger partial charge in [-0.1, -0.05) is 0 Å². The summed E-state index contributed by atoms with van der Waals surface area (Å²) < 4.78 is 9.57. The maximum atomic E-state index is 5.63. The maximum Gasteiger partial charge on any atom is 0.179 e. The minimum atomic E-state index is 0.248. The van der Waals surface area contributed by atoms with Gasteiger partial charge in [0.15, 0.2) is 11.6 Å². The van der Waals surface area contributed by atoms with Crippen LogP contribution in [0.1, 0.15) is 19.5 Å². The molecular weight excluding hydrogens is 368 g/mol. The molecule has 5 heterocycles. The average molecular weight is 392 g/mol. The van der Waals surface area contributed by atoms with Gasteiger partial charge in [0.05, 0.1) is 36.2 Å². The fourth-order valence-electron chi connectivity index (χ4n) is 4.02. The Morgan fingerprint density at radius 2 is 2.17 bits per heavy atom. The normalized spacial score (nSPS) is 17.3. The lowest BCUT2D eigenvalue weighted by molar-refractivity contribution is 0.0984.